The molecule has 3 rings (SSSR count). The number of sulfonamides is 1. The Morgan fingerprint density at radius 3 is 2.31 bits per heavy atom. The van der Waals surface area contributed by atoms with Gasteiger partial charge in [-0.15, -0.1) is 0 Å². The molecule has 1 atom stereocenters. The van der Waals surface area contributed by atoms with Crippen LogP contribution < -0.4 is 9.80 Å². The van der Waals surface area contributed by atoms with Gasteiger partial charge in [-0.3, -0.25) is 9.69 Å². The van der Waals surface area contributed by atoms with E-state index in [0.717, 1.165) is 9.87 Å². The average Bonchev–Trinajstić information content (AvgIpc) is 2.71. The predicted molar refractivity (Wildman–Crippen MR) is 124 cm³/mol. The highest BCUT2D eigenvalue weighted by Gasteiger charge is 2.35. The normalized spacial score (nSPS) is 16.3. The highest BCUT2D eigenvalue weighted by atomic mass is 32.2. The number of carbonyl (C=O) groups excluding carboxylic acids is 2. The SMILES string of the molecule is CC(=O)N1c2ccc(-c3cccc(S(=O)(=O)N(C)C)c3)cc2N(C(=O)OC(C)C)CC1C. The second-order valence-corrected chi connectivity index (χ2v) is 10.5. The molecule has 0 spiro atoms. The zero-order chi connectivity index (χ0) is 23.8. The third-order valence-corrected chi connectivity index (χ3v) is 7.07. The van der Waals surface area contributed by atoms with Gasteiger partial charge in [0.1, 0.15) is 0 Å². The van der Waals surface area contributed by atoms with E-state index in [9.17, 15) is 18.0 Å². The lowest BCUT2D eigenvalue weighted by molar-refractivity contribution is -0.117. The van der Waals surface area contributed by atoms with Gasteiger partial charge < -0.3 is 9.64 Å². The first-order chi connectivity index (χ1) is 14.9. The van der Waals surface area contributed by atoms with Crippen LogP contribution in [0.25, 0.3) is 11.1 Å². The summed E-state index contributed by atoms with van der Waals surface area (Å²) in [6.45, 7) is 7.22. The summed E-state index contributed by atoms with van der Waals surface area (Å²) < 4.78 is 31.7. The van der Waals surface area contributed by atoms with Crippen LogP contribution in [0.4, 0.5) is 16.2 Å². The minimum Gasteiger partial charge on any atom is -0.446 e. The zero-order valence-corrected chi connectivity index (χ0v) is 20.0. The van der Waals surface area contributed by atoms with E-state index in [0.29, 0.717) is 16.9 Å². The van der Waals surface area contributed by atoms with E-state index < -0.39 is 16.1 Å². The molecule has 2 aromatic carbocycles. The molecule has 0 N–H and O–H groups in total. The average molecular weight is 460 g/mol. The van der Waals surface area contributed by atoms with Crippen LogP contribution >= 0.6 is 0 Å². The van der Waals surface area contributed by atoms with E-state index in [1.54, 1.807) is 55.1 Å². The molecule has 0 saturated heterocycles. The van der Waals surface area contributed by atoms with Gasteiger partial charge in [0.05, 0.1) is 28.4 Å². The van der Waals surface area contributed by atoms with Crippen molar-refractivity contribution in [1.82, 2.24) is 4.31 Å². The number of hydrogen-bond donors (Lipinski definition) is 0. The van der Waals surface area contributed by atoms with Gasteiger partial charge in [0.2, 0.25) is 15.9 Å². The summed E-state index contributed by atoms with van der Waals surface area (Å²) in [4.78, 5) is 28.5. The molecule has 9 heteroatoms. The molecular weight excluding hydrogens is 430 g/mol. The van der Waals surface area contributed by atoms with Crippen molar-refractivity contribution in [2.24, 2.45) is 0 Å². The number of fused-ring (bicyclic) bond motifs is 1. The van der Waals surface area contributed by atoms with Crippen LogP contribution in [0.5, 0.6) is 0 Å². The van der Waals surface area contributed by atoms with Crippen molar-refractivity contribution in [3.63, 3.8) is 0 Å². The van der Waals surface area contributed by atoms with Gasteiger partial charge in [0.25, 0.3) is 0 Å². The Labute approximate surface area is 189 Å². The Bertz CT molecular complexity index is 1140. The van der Waals surface area contributed by atoms with Crippen LogP contribution in [0.3, 0.4) is 0 Å². The second-order valence-electron chi connectivity index (χ2n) is 8.30. The highest BCUT2D eigenvalue weighted by molar-refractivity contribution is 7.89. The van der Waals surface area contributed by atoms with Crippen LogP contribution in [-0.4, -0.2) is 57.5 Å². The summed E-state index contributed by atoms with van der Waals surface area (Å²) in [7, 11) is -0.628. The molecule has 0 saturated carbocycles. The third-order valence-electron chi connectivity index (χ3n) is 5.26. The molecule has 8 nitrogen and oxygen atoms in total. The van der Waals surface area contributed by atoms with Crippen molar-refractivity contribution >= 4 is 33.4 Å². The zero-order valence-electron chi connectivity index (χ0n) is 19.2. The van der Waals surface area contributed by atoms with E-state index in [4.69, 9.17) is 4.74 Å². The monoisotopic (exact) mass is 459 g/mol. The largest absolute Gasteiger partial charge is 0.446 e. The maximum Gasteiger partial charge on any atom is 0.414 e. The molecule has 32 heavy (non-hydrogen) atoms. The molecule has 2 aromatic rings. The third kappa shape index (κ3) is 4.49. The molecular formula is C23H29N3O5S. The molecule has 0 aliphatic carbocycles. The summed E-state index contributed by atoms with van der Waals surface area (Å²) >= 11 is 0. The van der Waals surface area contributed by atoms with Crippen LogP contribution in [-0.2, 0) is 19.6 Å². The van der Waals surface area contributed by atoms with E-state index >= 15 is 0 Å². The van der Waals surface area contributed by atoms with Crippen LogP contribution in [0.1, 0.15) is 27.7 Å². The lowest BCUT2D eigenvalue weighted by atomic mass is 10.0. The summed E-state index contributed by atoms with van der Waals surface area (Å²) in [5.74, 6) is -0.123. The maximum atomic E-state index is 12.8. The number of rotatable bonds is 4. The quantitative estimate of drug-likeness (QED) is 0.696. The van der Waals surface area contributed by atoms with Crippen molar-refractivity contribution in [3.05, 3.63) is 42.5 Å². The molecule has 0 aromatic heterocycles. The van der Waals surface area contributed by atoms with Gasteiger partial charge in [-0.2, -0.15) is 0 Å². The summed E-state index contributed by atoms with van der Waals surface area (Å²) in [6, 6.07) is 11.8. The van der Waals surface area contributed by atoms with Crippen LogP contribution in [0, 0.1) is 0 Å². The van der Waals surface area contributed by atoms with Gasteiger partial charge in [-0.25, -0.2) is 17.5 Å². The minimum absolute atomic E-state index is 0.123. The summed E-state index contributed by atoms with van der Waals surface area (Å²) in [5, 5.41) is 0. The predicted octanol–water partition coefficient (Wildman–Crippen LogP) is 3.71. The molecule has 1 heterocycles. The summed E-state index contributed by atoms with van der Waals surface area (Å²) in [5.41, 5.74) is 2.56. The van der Waals surface area contributed by atoms with Crippen molar-refractivity contribution in [2.45, 2.75) is 44.7 Å². The van der Waals surface area contributed by atoms with E-state index in [1.165, 1.54) is 25.9 Å². The number of anilines is 2. The number of ether oxygens (including phenoxy) is 1. The van der Waals surface area contributed by atoms with Crippen LogP contribution in [0.2, 0.25) is 0 Å². The van der Waals surface area contributed by atoms with Crippen LogP contribution in [0.15, 0.2) is 47.4 Å². The van der Waals surface area contributed by atoms with Gasteiger partial charge >= 0.3 is 6.09 Å². The first-order valence-electron chi connectivity index (χ1n) is 10.4. The number of carbonyl (C=O) groups is 2. The van der Waals surface area contributed by atoms with Gasteiger partial charge in [0, 0.05) is 27.6 Å². The van der Waals surface area contributed by atoms with E-state index in [1.807, 2.05) is 13.0 Å². The van der Waals surface area contributed by atoms with Crippen molar-refractivity contribution in [2.75, 3.05) is 30.4 Å². The lowest BCUT2D eigenvalue weighted by Gasteiger charge is -2.40. The number of amides is 2. The number of hydrogen-bond acceptors (Lipinski definition) is 5. The minimum atomic E-state index is -3.59. The van der Waals surface area contributed by atoms with Gasteiger partial charge in [0.15, 0.2) is 0 Å². The summed E-state index contributed by atoms with van der Waals surface area (Å²) in [6.07, 6.45) is -0.777. The standard InChI is InChI=1S/C23H29N3O5S/c1-15(2)31-23(28)25-14-16(3)26(17(4)27)21-11-10-19(13-22(21)25)18-8-7-9-20(12-18)32(29,30)24(5)6/h7-13,15-16H,14H2,1-6H3. The lowest BCUT2D eigenvalue weighted by Crippen LogP contribution is -2.51. The molecule has 1 unspecified atom stereocenters. The maximum absolute atomic E-state index is 12.8. The molecule has 1 aliphatic heterocycles. The molecule has 0 radical (unpaired) electrons. The Balaban J connectivity index is 2.13. The molecule has 2 amide bonds. The fourth-order valence-electron chi connectivity index (χ4n) is 3.77. The Kier molecular flexibility index (Phi) is 6.61. The second kappa shape index (κ2) is 8.91. The molecule has 172 valence electrons. The fourth-order valence-corrected chi connectivity index (χ4v) is 4.72. The van der Waals surface area contributed by atoms with Crippen molar-refractivity contribution in [1.29, 1.82) is 0 Å². The first-order valence-corrected chi connectivity index (χ1v) is 11.8. The Morgan fingerprint density at radius 2 is 1.72 bits per heavy atom. The smallest absolute Gasteiger partial charge is 0.414 e. The van der Waals surface area contributed by atoms with Crippen molar-refractivity contribution in [3.8, 4) is 11.1 Å². The first kappa shape index (κ1) is 23.7. The molecule has 1 aliphatic rings. The molecule has 0 bridgehead atoms. The van der Waals surface area contributed by atoms with E-state index in [2.05, 4.69) is 0 Å². The molecule has 0 fully saturated rings. The van der Waals surface area contributed by atoms with Gasteiger partial charge in [-0.05, 0) is 56.2 Å². The topological polar surface area (TPSA) is 87.2 Å². The Morgan fingerprint density at radius 1 is 1.06 bits per heavy atom. The highest BCUT2D eigenvalue weighted by Crippen LogP contribution is 2.39. The number of nitrogens with zero attached hydrogens (tertiary/aromatic N) is 3. The van der Waals surface area contributed by atoms with Crippen molar-refractivity contribution < 1.29 is 22.7 Å². The Hall–Kier alpha value is -2.91. The fraction of sp³-hybridized carbons (Fsp3) is 0.391. The van der Waals surface area contributed by atoms with Gasteiger partial charge in [-0.1, -0.05) is 18.2 Å². The van der Waals surface area contributed by atoms with E-state index in [-0.39, 0.29) is 29.5 Å². The number of benzene rings is 2.